The van der Waals surface area contributed by atoms with Crippen LogP contribution >= 0.6 is 23.4 Å². The zero-order chi connectivity index (χ0) is 20.2. The maximum atomic E-state index is 11.7. The van der Waals surface area contributed by atoms with Crippen molar-refractivity contribution in [1.82, 2.24) is 25.0 Å². The second-order valence-electron chi connectivity index (χ2n) is 6.41. The van der Waals surface area contributed by atoms with Crippen LogP contribution in [0.1, 0.15) is 5.56 Å². The number of hydrogen-bond acceptors (Lipinski definition) is 5. The van der Waals surface area contributed by atoms with Gasteiger partial charge < -0.3 is 5.32 Å². The SMILES string of the molecule is O=C1CNC(=O)N1CCSc1nnc(-c2ccccc2Cl)n1Cc1ccccc1. The number of amides is 3. The smallest absolute Gasteiger partial charge is 0.324 e. The van der Waals surface area contributed by atoms with Crippen LogP contribution in [0.25, 0.3) is 11.4 Å². The molecule has 3 aromatic rings. The van der Waals surface area contributed by atoms with Gasteiger partial charge in [0.1, 0.15) is 0 Å². The fourth-order valence-corrected chi connectivity index (χ4v) is 4.14. The first kappa shape index (κ1) is 19.5. The highest BCUT2D eigenvalue weighted by Crippen LogP contribution is 2.30. The Morgan fingerprint density at radius 1 is 1.03 bits per heavy atom. The van der Waals surface area contributed by atoms with Crippen LogP contribution in [-0.4, -0.2) is 50.4 Å². The molecule has 0 saturated carbocycles. The van der Waals surface area contributed by atoms with Crippen molar-refractivity contribution < 1.29 is 9.59 Å². The highest BCUT2D eigenvalue weighted by Gasteiger charge is 2.28. The molecule has 148 valence electrons. The van der Waals surface area contributed by atoms with Gasteiger partial charge in [-0.1, -0.05) is 65.8 Å². The number of benzene rings is 2. The predicted molar refractivity (Wildman–Crippen MR) is 112 cm³/mol. The van der Waals surface area contributed by atoms with Crippen LogP contribution < -0.4 is 5.32 Å². The number of aromatic nitrogens is 3. The fourth-order valence-electron chi connectivity index (χ4n) is 3.06. The molecule has 2 aromatic carbocycles. The maximum Gasteiger partial charge on any atom is 0.324 e. The number of rotatable bonds is 7. The van der Waals surface area contributed by atoms with E-state index in [-0.39, 0.29) is 18.5 Å². The van der Waals surface area contributed by atoms with E-state index in [0.29, 0.717) is 34.8 Å². The number of imide groups is 1. The number of carbonyl (C=O) groups is 2. The van der Waals surface area contributed by atoms with Crippen LogP contribution in [0.15, 0.2) is 59.8 Å². The summed E-state index contributed by atoms with van der Waals surface area (Å²) in [6, 6.07) is 17.2. The van der Waals surface area contributed by atoms with E-state index in [9.17, 15) is 9.59 Å². The van der Waals surface area contributed by atoms with Gasteiger partial charge in [0.05, 0.1) is 18.1 Å². The van der Waals surface area contributed by atoms with Gasteiger partial charge in [-0.3, -0.25) is 14.3 Å². The molecular weight excluding hydrogens is 410 g/mol. The molecule has 0 radical (unpaired) electrons. The van der Waals surface area contributed by atoms with Crippen molar-refractivity contribution in [2.45, 2.75) is 11.7 Å². The van der Waals surface area contributed by atoms with Crippen LogP contribution in [0, 0.1) is 0 Å². The molecule has 0 aliphatic carbocycles. The molecule has 1 aliphatic heterocycles. The molecule has 0 spiro atoms. The second-order valence-corrected chi connectivity index (χ2v) is 7.88. The monoisotopic (exact) mass is 427 g/mol. The topological polar surface area (TPSA) is 80.1 Å². The van der Waals surface area contributed by atoms with E-state index in [4.69, 9.17) is 11.6 Å². The Balaban J connectivity index is 1.58. The number of hydrogen-bond donors (Lipinski definition) is 1. The lowest BCUT2D eigenvalue weighted by molar-refractivity contribution is -0.124. The van der Waals surface area contributed by atoms with E-state index in [1.807, 2.05) is 59.2 Å². The van der Waals surface area contributed by atoms with Gasteiger partial charge in [-0.15, -0.1) is 10.2 Å². The Bertz CT molecular complexity index is 1020. The minimum absolute atomic E-state index is 0.0599. The quantitative estimate of drug-likeness (QED) is 0.462. The molecule has 1 fully saturated rings. The highest BCUT2D eigenvalue weighted by atomic mass is 35.5. The third-order valence-corrected chi connectivity index (χ3v) is 5.77. The van der Waals surface area contributed by atoms with Gasteiger partial charge in [0, 0.05) is 17.9 Å². The van der Waals surface area contributed by atoms with Gasteiger partial charge in [-0.05, 0) is 17.7 Å². The van der Waals surface area contributed by atoms with Crippen molar-refractivity contribution >= 4 is 35.3 Å². The van der Waals surface area contributed by atoms with E-state index in [0.717, 1.165) is 11.1 Å². The van der Waals surface area contributed by atoms with Crippen molar-refractivity contribution in [2.75, 3.05) is 18.8 Å². The lowest BCUT2D eigenvalue weighted by atomic mass is 10.2. The summed E-state index contributed by atoms with van der Waals surface area (Å²) >= 11 is 7.84. The summed E-state index contributed by atoms with van der Waals surface area (Å²) in [6.07, 6.45) is 0. The van der Waals surface area contributed by atoms with Crippen LogP contribution in [0.3, 0.4) is 0 Å². The molecule has 3 amide bonds. The highest BCUT2D eigenvalue weighted by molar-refractivity contribution is 7.99. The Hall–Kier alpha value is -2.84. The van der Waals surface area contributed by atoms with Crippen molar-refractivity contribution in [3.05, 3.63) is 65.2 Å². The molecule has 1 saturated heterocycles. The van der Waals surface area contributed by atoms with Gasteiger partial charge in [0.25, 0.3) is 0 Å². The Morgan fingerprint density at radius 2 is 1.79 bits per heavy atom. The summed E-state index contributed by atoms with van der Waals surface area (Å²) < 4.78 is 2.01. The van der Waals surface area contributed by atoms with Crippen LogP contribution in [0.4, 0.5) is 4.79 Å². The van der Waals surface area contributed by atoms with Crippen molar-refractivity contribution in [3.8, 4) is 11.4 Å². The van der Waals surface area contributed by atoms with Gasteiger partial charge in [0.2, 0.25) is 5.91 Å². The van der Waals surface area contributed by atoms with Crippen molar-refractivity contribution in [2.24, 2.45) is 0 Å². The third-order valence-electron chi connectivity index (χ3n) is 4.50. The van der Waals surface area contributed by atoms with E-state index in [1.54, 1.807) is 0 Å². The van der Waals surface area contributed by atoms with Gasteiger partial charge >= 0.3 is 6.03 Å². The van der Waals surface area contributed by atoms with E-state index in [2.05, 4.69) is 15.5 Å². The van der Waals surface area contributed by atoms with Gasteiger partial charge in [-0.25, -0.2) is 4.79 Å². The summed E-state index contributed by atoms with van der Waals surface area (Å²) in [5.41, 5.74) is 1.91. The Morgan fingerprint density at radius 3 is 2.52 bits per heavy atom. The molecule has 9 heteroatoms. The first-order valence-corrected chi connectivity index (χ1v) is 10.4. The number of halogens is 1. The zero-order valence-electron chi connectivity index (χ0n) is 15.4. The minimum atomic E-state index is -0.349. The third kappa shape index (κ3) is 4.28. The summed E-state index contributed by atoms with van der Waals surface area (Å²) in [7, 11) is 0. The summed E-state index contributed by atoms with van der Waals surface area (Å²) in [5, 5.41) is 12.5. The van der Waals surface area contributed by atoms with Gasteiger partial charge in [0.15, 0.2) is 11.0 Å². The average molecular weight is 428 g/mol. The lowest BCUT2D eigenvalue weighted by Gasteiger charge is -2.13. The van der Waals surface area contributed by atoms with Crippen LogP contribution in [-0.2, 0) is 11.3 Å². The number of nitrogens with zero attached hydrogens (tertiary/aromatic N) is 4. The predicted octanol–water partition coefficient (Wildman–Crippen LogP) is 3.29. The normalized spacial score (nSPS) is 13.8. The molecule has 1 N–H and O–H groups in total. The largest absolute Gasteiger partial charge is 0.329 e. The Labute approximate surface area is 177 Å². The number of thioether (sulfide) groups is 1. The molecular formula is C20H18ClN5O2S. The van der Waals surface area contributed by atoms with Crippen LogP contribution in [0.5, 0.6) is 0 Å². The molecule has 1 aromatic heterocycles. The number of carbonyl (C=O) groups excluding carboxylic acids is 2. The lowest BCUT2D eigenvalue weighted by Crippen LogP contribution is -2.32. The minimum Gasteiger partial charge on any atom is -0.329 e. The average Bonchev–Trinajstić information content (AvgIpc) is 3.27. The second kappa shape index (κ2) is 8.67. The molecule has 7 nitrogen and oxygen atoms in total. The molecule has 29 heavy (non-hydrogen) atoms. The molecule has 2 heterocycles. The maximum absolute atomic E-state index is 11.7. The fraction of sp³-hybridized carbons (Fsp3) is 0.200. The molecule has 0 unspecified atom stereocenters. The van der Waals surface area contributed by atoms with Crippen molar-refractivity contribution in [1.29, 1.82) is 0 Å². The number of urea groups is 1. The first-order valence-electron chi connectivity index (χ1n) is 9.06. The van der Waals surface area contributed by atoms with E-state index >= 15 is 0 Å². The standard InChI is InChI=1S/C20H18ClN5O2S/c21-16-9-5-4-8-15(16)18-23-24-20(26(18)13-14-6-2-1-3-7-14)29-11-10-25-17(27)12-22-19(25)28/h1-9H,10-13H2,(H,22,28). The Kier molecular flexibility index (Phi) is 5.82. The van der Waals surface area contributed by atoms with Gasteiger partial charge in [-0.2, -0.15) is 0 Å². The van der Waals surface area contributed by atoms with E-state index in [1.165, 1.54) is 16.7 Å². The molecule has 4 rings (SSSR count). The zero-order valence-corrected chi connectivity index (χ0v) is 17.0. The summed E-state index contributed by atoms with van der Waals surface area (Å²) in [6.45, 7) is 0.958. The van der Waals surface area contributed by atoms with Crippen LogP contribution in [0.2, 0.25) is 5.02 Å². The first-order chi connectivity index (χ1) is 14.1. The molecule has 1 aliphatic rings. The molecule has 0 atom stereocenters. The van der Waals surface area contributed by atoms with E-state index < -0.39 is 0 Å². The summed E-state index contributed by atoms with van der Waals surface area (Å²) in [5.74, 6) is 0.990. The molecule has 0 bridgehead atoms. The van der Waals surface area contributed by atoms with Crippen molar-refractivity contribution in [3.63, 3.8) is 0 Å². The summed E-state index contributed by atoms with van der Waals surface area (Å²) in [4.78, 5) is 24.7. The number of nitrogens with one attached hydrogen (secondary N) is 1.